The Kier molecular flexibility index (Phi) is 4.86. The van der Waals surface area contributed by atoms with E-state index in [0.29, 0.717) is 16.9 Å². The van der Waals surface area contributed by atoms with Crippen molar-refractivity contribution in [3.8, 4) is 6.07 Å². The van der Waals surface area contributed by atoms with E-state index >= 15 is 0 Å². The van der Waals surface area contributed by atoms with Gasteiger partial charge in [-0.3, -0.25) is 4.79 Å². The minimum absolute atomic E-state index is 0.109. The quantitative estimate of drug-likeness (QED) is 0.904. The zero-order valence-electron chi connectivity index (χ0n) is 11.8. The summed E-state index contributed by atoms with van der Waals surface area (Å²) in [7, 11) is 0. The van der Waals surface area contributed by atoms with Crippen molar-refractivity contribution >= 4 is 17.3 Å². The summed E-state index contributed by atoms with van der Waals surface area (Å²) in [5.41, 5.74) is 0.543. The Bertz CT molecular complexity index is 733. The SMILES string of the molecule is N#Cc1cccc(NC(=O)CNc2ccc(C(F)(F)F)cc2)c1. The van der Waals surface area contributed by atoms with Gasteiger partial charge in [0.05, 0.1) is 23.7 Å². The normalized spacial score (nSPS) is 10.7. The highest BCUT2D eigenvalue weighted by Crippen LogP contribution is 2.29. The number of hydrogen-bond donors (Lipinski definition) is 2. The van der Waals surface area contributed by atoms with Crippen molar-refractivity contribution in [1.82, 2.24) is 0 Å². The number of amides is 1. The van der Waals surface area contributed by atoms with Crippen molar-refractivity contribution in [1.29, 1.82) is 5.26 Å². The third-order valence-electron chi connectivity index (χ3n) is 2.94. The lowest BCUT2D eigenvalue weighted by Crippen LogP contribution is -2.21. The van der Waals surface area contributed by atoms with Crippen LogP contribution in [0.1, 0.15) is 11.1 Å². The van der Waals surface area contributed by atoms with E-state index in [1.54, 1.807) is 18.2 Å². The smallest absolute Gasteiger partial charge is 0.376 e. The van der Waals surface area contributed by atoms with E-state index in [1.807, 2.05) is 6.07 Å². The summed E-state index contributed by atoms with van der Waals surface area (Å²) in [6.45, 7) is -0.109. The molecule has 0 saturated carbocycles. The lowest BCUT2D eigenvalue weighted by Gasteiger charge is -2.10. The molecule has 2 aromatic rings. The number of rotatable bonds is 4. The van der Waals surface area contributed by atoms with Crippen LogP contribution in [0.2, 0.25) is 0 Å². The van der Waals surface area contributed by atoms with Crippen molar-refractivity contribution in [2.45, 2.75) is 6.18 Å². The van der Waals surface area contributed by atoms with Gasteiger partial charge >= 0.3 is 6.18 Å². The molecule has 0 fully saturated rings. The van der Waals surface area contributed by atoms with Gasteiger partial charge in [0.25, 0.3) is 0 Å². The molecule has 0 radical (unpaired) electrons. The number of hydrogen-bond acceptors (Lipinski definition) is 3. The molecule has 0 aliphatic carbocycles. The van der Waals surface area contributed by atoms with Gasteiger partial charge in [-0.25, -0.2) is 0 Å². The van der Waals surface area contributed by atoms with Crippen LogP contribution in [0, 0.1) is 11.3 Å². The molecule has 0 heterocycles. The fourth-order valence-corrected chi connectivity index (χ4v) is 1.83. The average Bonchev–Trinajstić information content (AvgIpc) is 2.52. The minimum atomic E-state index is -4.39. The van der Waals surface area contributed by atoms with Crippen LogP contribution in [-0.4, -0.2) is 12.5 Å². The van der Waals surface area contributed by atoms with E-state index < -0.39 is 11.7 Å². The molecule has 0 unspecified atom stereocenters. The van der Waals surface area contributed by atoms with Gasteiger partial charge in [-0.05, 0) is 42.5 Å². The topological polar surface area (TPSA) is 64.9 Å². The van der Waals surface area contributed by atoms with Crippen LogP contribution in [0.5, 0.6) is 0 Å². The van der Waals surface area contributed by atoms with Crippen LogP contribution in [0.4, 0.5) is 24.5 Å². The van der Waals surface area contributed by atoms with Gasteiger partial charge in [0.2, 0.25) is 5.91 Å². The molecule has 1 amide bonds. The monoisotopic (exact) mass is 319 g/mol. The van der Waals surface area contributed by atoms with Gasteiger partial charge < -0.3 is 10.6 Å². The second kappa shape index (κ2) is 6.83. The molecule has 0 saturated heterocycles. The number of carbonyl (C=O) groups is 1. The molecule has 2 rings (SSSR count). The maximum atomic E-state index is 12.4. The maximum Gasteiger partial charge on any atom is 0.416 e. The molecular weight excluding hydrogens is 307 g/mol. The summed E-state index contributed by atoms with van der Waals surface area (Å²) in [5.74, 6) is -0.375. The summed E-state index contributed by atoms with van der Waals surface area (Å²) in [6, 6.07) is 12.8. The third kappa shape index (κ3) is 4.74. The lowest BCUT2D eigenvalue weighted by atomic mass is 10.2. The highest BCUT2D eigenvalue weighted by atomic mass is 19.4. The average molecular weight is 319 g/mol. The molecule has 0 bridgehead atoms. The molecule has 2 aromatic carbocycles. The number of halogens is 3. The number of anilines is 2. The number of nitriles is 1. The highest BCUT2D eigenvalue weighted by Gasteiger charge is 2.29. The lowest BCUT2D eigenvalue weighted by molar-refractivity contribution is -0.137. The first-order valence-electron chi connectivity index (χ1n) is 6.59. The van der Waals surface area contributed by atoms with Crippen molar-refractivity contribution in [2.75, 3.05) is 17.2 Å². The molecule has 0 spiro atoms. The molecule has 23 heavy (non-hydrogen) atoms. The molecule has 118 valence electrons. The molecule has 2 N–H and O–H groups in total. The fraction of sp³-hybridized carbons (Fsp3) is 0.125. The second-order valence-corrected chi connectivity index (χ2v) is 4.67. The zero-order chi connectivity index (χ0) is 16.9. The van der Waals surface area contributed by atoms with E-state index in [4.69, 9.17) is 5.26 Å². The molecule has 4 nitrogen and oxygen atoms in total. The van der Waals surface area contributed by atoms with E-state index in [-0.39, 0.29) is 12.5 Å². The molecule has 0 aliphatic rings. The summed E-state index contributed by atoms with van der Waals surface area (Å²) in [5, 5.41) is 14.1. The first-order valence-corrected chi connectivity index (χ1v) is 6.59. The predicted molar refractivity (Wildman–Crippen MR) is 79.7 cm³/mol. The summed E-state index contributed by atoms with van der Waals surface area (Å²) < 4.78 is 37.3. The minimum Gasteiger partial charge on any atom is -0.376 e. The summed E-state index contributed by atoms with van der Waals surface area (Å²) in [6.07, 6.45) is -4.39. The van der Waals surface area contributed by atoms with Crippen LogP contribution in [0.3, 0.4) is 0 Å². The highest BCUT2D eigenvalue weighted by molar-refractivity contribution is 5.93. The Hall–Kier alpha value is -3.01. The van der Waals surface area contributed by atoms with E-state index in [2.05, 4.69) is 10.6 Å². The van der Waals surface area contributed by atoms with E-state index in [9.17, 15) is 18.0 Å². The molecule has 0 aromatic heterocycles. The van der Waals surface area contributed by atoms with Gasteiger partial charge in [-0.1, -0.05) is 6.07 Å². The van der Waals surface area contributed by atoms with Gasteiger partial charge in [0.15, 0.2) is 0 Å². The van der Waals surface area contributed by atoms with Gasteiger partial charge in [-0.2, -0.15) is 18.4 Å². The van der Waals surface area contributed by atoms with Crippen molar-refractivity contribution in [2.24, 2.45) is 0 Å². The van der Waals surface area contributed by atoms with Crippen LogP contribution >= 0.6 is 0 Å². The molecule has 0 atom stereocenters. The van der Waals surface area contributed by atoms with Crippen LogP contribution < -0.4 is 10.6 Å². The Morgan fingerprint density at radius 1 is 1.09 bits per heavy atom. The zero-order valence-corrected chi connectivity index (χ0v) is 11.8. The number of carbonyl (C=O) groups excluding carboxylic acids is 1. The first-order chi connectivity index (χ1) is 10.9. The van der Waals surface area contributed by atoms with E-state index in [1.165, 1.54) is 18.2 Å². The van der Waals surface area contributed by atoms with Crippen molar-refractivity contribution < 1.29 is 18.0 Å². The standard InChI is InChI=1S/C16H12F3N3O/c17-16(18,19)12-4-6-13(7-5-12)21-10-15(23)22-14-3-1-2-11(8-14)9-20/h1-8,21H,10H2,(H,22,23). The summed E-state index contributed by atoms with van der Waals surface area (Å²) >= 11 is 0. The van der Waals surface area contributed by atoms with Crippen LogP contribution in [0.15, 0.2) is 48.5 Å². The Morgan fingerprint density at radius 3 is 2.39 bits per heavy atom. The van der Waals surface area contributed by atoms with Crippen LogP contribution in [0.25, 0.3) is 0 Å². The van der Waals surface area contributed by atoms with Gasteiger partial charge in [0, 0.05) is 11.4 Å². The maximum absolute atomic E-state index is 12.4. The van der Waals surface area contributed by atoms with E-state index in [0.717, 1.165) is 12.1 Å². The molecule has 7 heteroatoms. The number of nitrogens with one attached hydrogen (secondary N) is 2. The summed E-state index contributed by atoms with van der Waals surface area (Å²) in [4.78, 5) is 11.8. The van der Waals surface area contributed by atoms with Crippen molar-refractivity contribution in [3.05, 3.63) is 59.7 Å². The largest absolute Gasteiger partial charge is 0.416 e. The number of nitrogens with zero attached hydrogens (tertiary/aromatic N) is 1. The number of alkyl halides is 3. The number of benzene rings is 2. The van der Waals surface area contributed by atoms with Crippen LogP contribution in [-0.2, 0) is 11.0 Å². The predicted octanol–water partition coefficient (Wildman–Crippen LogP) is 3.63. The van der Waals surface area contributed by atoms with Crippen molar-refractivity contribution in [3.63, 3.8) is 0 Å². The van der Waals surface area contributed by atoms with Gasteiger partial charge in [-0.15, -0.1) is 0 Å². The Morgan fingerprint density at radius 2 is 1.78 bits per heavy atom. The first kappa shape index (κ1) is 16.4. The third-order valence-corrected chi connectivity index (χ3v) is 2.94. The van der Waals surface area contributed by atoms with Gasteiger partial charge in [0.1, 0.15) is 0 Å². The molecule has 0 aliphatic heterocycles. The Balaban J connectivity index is 1.90. The Labute approximate surface area is 130 Å². The molecular formula is C16H12F3N3O. The fourth-order valence-electron chi connectivity index (χ4n) is 1.83. The second-order valence-electron chi connectivity index (χ2n) is 4.67.